The fourth-order valence-corrected chi connectivity index (χ4v) is 3.68. The van der Waals surface area contributed by atoms with E-state index >= 15 is 0 Å². The number of hydrogen-bond donors (Lipinski definition) is 1. The zero-order valence-electron chi connectivity index (χ0n) is 16.8. The number of carbonyl (C=O) groups is 3. The predicted octanol–water partition coefficient (Wildman–Crippen LogP) is 3.40. The molecule has 30 heavy (non-hydrogen) atoms. The Kier molecular flexibility index (Phi) is 6.95. The van der Waals surface area contributed by atoms with Gasteiger partial charge in [-0.05, 0) is 43.7 Å². The van der Waals surface area contributed by atoms with Gasteiger partial charge in [0.1, 0.15) is 12.3 Å². The molecule has 2 aromatic rings. The van der Waals surface area contributed by atoms with Crippen molar-refractivity contribution in [2.24, 2.45) is 0 Å². The molecule has 3 rings (SSSR count). The SMILES string of the molecule is CCOC(=O)C1=C(C)N(CC(=O)NCc2ccco2)C(=O)CC1c1cccc(Cl)c1. The normalized spacial score (nSPS) is 16.6. The van der Waals surface area contributed by atoms with Crippen LogP contribution in [0.4, 0.5) is 0 Å². The molecule has 0 radical (unpaired) electrons. The molecule has 2 heterocycles. The van der Waals surface area contributed by atoms with Gasteiger partial charge in [0.25, 0.3) is 0 Å². The second-order valence-corrected chi connectivity index (χ2v) is 7.30. The lowest BCUT2D eigenvalue weighted by atomic mass is 9.83. The van der Waals surface area contributed by atoms with Crippen LogP contribution in [0.5, 0.6) is 0 Å². The van der Waals surface area contributed by atoms with Crippen molar-refractivity contribution >= 4 is 29.4 Å². The summed E-state index contributed by atoms with van der Waals surface area (Å²) in [6.07, 6.45) is 1.56. The van der Waals surface area contributed by atoms with Crippen molar-refractivity contribution in [1.82, 2.24) is 10.2 Å². The zero-order chi connectivity index (χ0) is 21.7. The van der Waals surface area contributed by atoms with Crippen molar-refractivity contribution in [3.8, 4) is 0 Å². The number of rotatable bonds is 7. The van der Waals surface area contributed by atoms with E-state index in [9.17, 15) is 14.4 Å². The molecule has 1 unspecified atom stereocenters. The van der Waals surface area contributed by atoms with Gasteiger partial charge in [0, 0.05) is 23.1 Å². The Labute approximate surface area is 179 Å². The molecular weight excluding hydrogens is 408 g/mol. The van der Waals surface area contributed by atoms with E-state index < -0.39 is 11.9 Å². The van der Waals surface area contributed by atoms with Crippen LogP contribution in [0.25, 0.3) is 0 Å². The van der Waals surface area contributed by atoms with Crippen molar-refractivity contribution in [3.05, 3.63) is 70.3 Å². The second-order valence-electron chi connectivity index (χ2n) is 6.87. The Morgan fingerprint density at radius 3 is 2.77 bits per heavy atom. The minimum Gasteiger partial charge on any atom is -0.467 e. The molecule has 0 spiro atoms. The molecular formula is C22H23ClN2O5. The summed E-state index contributed by atoms with van der Waals surface area (Å²) in [6, 6.07) is 10.5. The van der Waals surface area contributed by atoms with Gasteiger partial charge in [0.15, 0.2) is 0 Å². The maximum Gasteiger partial charge on any atom is 0.336 e. The lowest BCUT2D eigenvalue weighted by Gasteiger charge is -2.34. The summed E-state index contributed by atoms with van der Waals surface area (Å²) >= 11 is 6.11. The molecule has 0 saturated heterocycles. The summed E-state index contributed by atoms with van der Waals surface area (Å²) in [5.41, 5.74) is 1.51. The highest BCUT2D eigenvalue weighted by molar-refractivity contribution is 6.30. The van der Waals surface area contributed by atoms with Gasteiger partial charge in [-0.1, -0.05) is 23.7 Å². The molecule has 0 fully saturated rings. The molecule has 1 aromatic heterocycles. The van der Waals surface area contributed by atoms with Crippen LogP contribution in [-0.2, 0) is 25.7 Å². The highest BCUT2D eigenvalue weighted by Crippen LogP contribution is 2.37. The Bertz CT molecular complexity index is 968. The Balaban J connectivity index is 1.86. The van der Waals surface area contributed by atoms with E-state index in [1.807, 2.05) is 6.07 Å². The predicted molar refractivity (Wildman–Crippen MR) is 110 cm³/mol. The summed E-state index contributed by atoms with van der Waals surface area (Å²) in [5.74, 6) is -0.998. The summed E-state index contributed by atoms with van der Waals surface area (Å²) in [5, 5.41) is 3.22. The molecule has 7 nitrogen and oxygen atoms in total. The van der Waals surface area contributed by atoms with E-state index in [1.165, 1.54) is 11.2 Å². The summed E-state index contributed by atoms with van der Waals surface area (Å²) in [6.45, 7) is 3.59. The third-order valence-electron chi connectivity index (χ3n) is 4.91. The van der Waals surface area contributed by atoms with Crippen molar-refractivity contribution in [2.75, 3.05) is 13.2 Å². The average molecular weight is 431 g/mol. The molecule has 158 valence electrons. The van der Waals surface area contributed by atoms with Gasteiger partial charge in [0.05, 0.1) is 25.0 Å². The van der Waals surface area contributed by atoms with Crippen LogP contribution in [0, 0.1) is 0 Å². The van der Waals surface area contributed by atoms with Crippen molar-refractivity contribution < 1.29 is 23.5 Å². The van der Waals surface area contributed by atoms with Crippen LogP contribution in [-0.4, -0.2) is 35.8 Å². The van der Waals surface area contributed by atoms with Crippen molar-refractivity contribution in [2.45, 2.75) is 32.7 Å². The summed E-state index contributed by atoms with van der Waals surface area (Å²) in [7, 11) is 0. The van der Waals surface area contributed by atoms with Crippen LogP contribution in [0.1, 0.15) is 37.5 Å². The zero-order valence-corrected chi connectivity index (χ0v) is 17.6. The molecule has 1 N–H and O–H groups in total. The van der Waals surface area contributed by atoms with E-state index in [0.717, 1.165) is 5.56 Å². The topological polar surface area (TPSA) is 88.8 Å². The number of allylic oxidation sites excluding steroid dienone is 1. The van der Waals surface area contributed by atoms with Crippen LogP contribution < -0.4 is 5.32 Å². The summed E-state index contributed by atoms with van der Waals surface area (Å²) in [4.78, 5) is 39.3. The van der Waals surface area contributed by atoms with Gasteiger partial charge in [-0.15, -0.1) is 0 Å². The van der Waals surface area contributed by atoms with Crippen LogP contribution >= 0.6 is 11.6 Å². The van der Waals surface area contributed by atoms with Crippen molar-refractivity contribution in [3.63, 3.8) is 0 Å². The number of ether oxygens (including phenoxy) is 1. The molecule has 0 saturated carbocycles. The number of amides is 2. The van der Waals surface area contributed by atoms with E-state index in [2.05, 4.69) is 5.32 Å². The second kappa shape index (κ2) is 9.63. The van der Waals surface area contributed by atoms with E-state index in [1.54, 1.807) is 44.2 Å². The van der Waals surface area contributed by atoms with Gasteiger partial charge < -0.3 is 19.4 Å². The highest BCUT2D eigenvalue weighted by atomic mass is 35.5. The monoisotopic (exact) mass is 430 g/mol. The number of furan rings is 1. The van der Waals surface area contributed by atoms with Crippen LogP contribution in [0.15, 0.2) is 58.3 Å². The van der Waals surface area contributed by atoms with Gasteiger partial charge >= 0.3 is 5.97 Å². The first kappa shape index (κ1) is 21.6. The minimum atomic E-state index is -0.506. The molecule has 0 aliphatic carbocycles. The fourth-order valence-electron chi connectivity index (χ4n) is 3.48. The molecule has 1 aromatic carbocycles. The van der Waals surface area contributed by atoms with Gasteiger partial charge in [-0.2, -0.15) is 0 Å². The molecule has 0 bridgehead atoms. The average Bonchev–Trinajstić information content (AvgIpc) is 3.23. The minimum absolute atomic E-state index is 0.0390. The Hall–Kier alpha value is -3.06. The van der Waals surface area contributed by atoms with Crippen LogP contribution in [0.2, 0.25) is 5.02 Å². The highest BCUT2D eigenvalue weighted by Gasteiger charge is 2.37. The number of hydrogen-bond acceptors (Lipinski definition) is 5. The third-order valence-corrected chi connectivity index (χ3v) is 5.15. The lowest BCUT2D eigenvalue weighted by Crippen LogP contribution is -2.44. The first-order chi connectivity index (χ1) is 14.4. The van der Waals surface area contributed by atoms with Crippen molar-refractivity contribution in [1.29, 1.82) is 0 Å². The smallest absolute Gasteiger partial charge is 0.336 e. The Morgan fingerprint density at radius 2 is 2.10 bits per heavy atom. The molecule has 1 atom stereocenters. The molecule has 8 heteroatoms. The number of nitrogens with zero attached hydrogens (tertiary/aromatic N) is 1. The number of nitrogens with one attached hydrogen (secondary N) is 1. The fraction of sp³-hybridized carbons (Fsp3) is 0.318. The number of carbonyl (C=O) groups excluding carboxylic acids is 3. The molecule has 1 aliphatic rings. The first-order valence-corrected chi connectivity index (χ1v) is 10.0. The Morgan fingerprint density at radius 1 is 1.30 bits per heavy atom. The molecule has 2 amide bonds. The van der Waals surface area contributed by atoms with E-state index in [0.29, 0.717) is 22.1 Å². The first-order valence-electron chi connectivity index (χ1n) is 9.63. The van der Waals surface area contributed by atoms with E-state index in [-0.39, 0.29) is 37.9 Å². The van der Waals surface area contributed by atoms with Gasteiger partial charge in [0.2, 0.25) is 11.8 Å². The molecule has 1 aliphatic heterocycles. The third kappa shape index (κ3) is 4.91. The quantitative estimate of drug-likeness (QED) is 0.680. The number of esters is 1. The van der Waals surface area contributed by atoms with Gasteiger partial charge in [-0.3, -0.25) is 9.59 Å². The van der Waals surface area contributed by atoms with Crippen LogP contribution in [0.3, 0.4) is 0 Å². The number of benzene rings is 1. The maximum absolute atomic E-state index is 12.9. The summed E-state index contributed by atoms with van der Waals surface area (Å²) < 4.78 is 10.4. The number of halogens is 1. The van der Waals surface area contributed by atoms with Gasteiger partial charge in [-0.25, -0.2) is 4.79 Å². The lowest BCUT2D eigenvalue weighted by molar-refractivity contribution is -0.141. The maximum atomic E-state index is 12.9. The standard InChI is InChI=1S/C22H23ClN2O5/c1-3-29-22(28)21-14(2)25(13-19(26)24-12-17-8-5-9-30-17)20(27)11-18(21)15-6-4-7-16(23)10-15/h4-10,18H,3,11-13H2,1-2H3,(H,24,26). The largest absolute Gasteiger partial charge is 0.467 e. The van der Waals surface area contributed by atoms with E-state index in [4.69, 9.17) is 20.8 Å².